The first kappa shape index (κ1) is 16.7. The van der Waals surface area contributed by atoms with Crippen LogP contribution in [0.1, 0.15) is 22.9 Å². The molecule has 128 valence electrons. The molecule has 0 saturated carbocycles. The molecule has 1 amide bonds. The summed E-state index contributed by atoms with van der Waals surface area (Å²) in [6, 6.07) is 7.52. The van der Waals surface area contributed by atoms with E-state index in [9.17, 15) is 9.18 Å². The Morgan fingerprint density at radius 2 is 2.12 bits per heavy atom. The summed E-state index contributed by atoms with van der Waals surface area (Å²) in [5.74, 6) is 0.288. The van der Waals surface area contributed by atoms with Gasteiger partial charge >= 0.3 is 0 Å². The highest BCUT2D eigenvalue weighted by Gasteiger charge is 2.29. The van der Waals surface area contributed by atoms with E-state index < -0.39 is 6.04 Å². The fourth-order valence-electron chi connectivity index (χ4n) is 2.91. The molecule has 1 aromatic carbocycles. The summed E-state index contributed by atoms with van der Waals surface area (Å²) in [5.41, 5.74) is 1.58. The average molecular weight is 332 g/mol. The van der Waals surface area contributed by atoms with Gasteiger partial charge < -0.3 is 14.5 Å². The molecule has 1 aromatic heterocycles. The highest BCUT2D eigenvalue weighted by Crippen LogP contribution is 2.23. The maximum atomic E-state index is 13.6. The summed E-state index contributed by atoms with van der Waals surface area (Å²) in [6.07, 6.45) is 1.60. The van der Waals surface area contributed by atoms with Crippen molar-refractivity contribution in [3.05, 3.63) is 59.3 Å². The SMILES string of the molecule is Cc1occc1CNC(=O)C(c1cccc(F)c1)N1CCOCC1. The van der Waals surface area contributed by atoms with Crippen LogP contribution in [0.15, 0.2) is 41.0 Å². The first-order valence-corrected chi connectivity index (χ1v) is 8.03. The summed E-state index contributed by atoms with van der Waals surface area (Å²) in [5, 5.41) is 2.94. The first-order chi connectivity index (χ1) is 11.6. The molecule has 1 N–H and O–H groups in total. The third kappa shape index (κ3) is 3.83. The summed E-state index contributed by atoms with van der Waals surface area (Å²) >= 11 is 0. The van der Waals surface area contributed by atoms with Crippen molar-refractivity contribution < 1.29 is 18.3 Å². The van der Waals surface area contributed by atoms with Crippen LogP contribution in [0.25, 0.3) is 0 Å². The van der Waals surface area contributed by atoms with Gasteiger partial charge in [0, 0.05) is 25.2 Å². The number of carbonyl (C=O) groups excluding carboxylic acids is 1. The Morgan fingerprint density at radius 3 is 2.79 bits per heavy atom. The first-order valence-electron chi connectivity index (χ1n) is 8.03. The molecule has 5 nitrogen and oxygen atoms in total. The van der Waals surface area contributed by atoms with Gasteiger partial charge in [-0.05, 0) is 30.7 Å². The lowest BCUT2D eigenvalue weighted by Crippen LogP contribution is -2.45. The molecule has 24 heavy (non-hydrogen) atoms. The van der Waals surface area contributed by atoms with Crippen molar-refractivity contribution in [2.45, 2.75) is 19.5 Å². The fraction of sp³-hybridized carbons (Fsp3) is 0.389. The van der Waals surface area contributed by atoms with Crippen molar-refractivity contribution in [2.24, 2.45) is 0 Å². The third-order valence-electron chi connectivity index (χ3n) is 4.24. The van der Waals surface area contributed by atoms with Crippen molar-refractivity contribution in [1.29, 1.82) is 0 Å². The number of benzene rings is 1. The van der Waals surface area contributed by atoms with Crippen molar-refractivity contribution in [2.75, 3.05) is 26.3 Å². The van der Waals surface area contributed by atoms with Crippen LogP contribution in [0.4, 0.5) is 4.39 Å². The standard InChI is InChI=1S/C18H21FN2O3/c1-13-15(5-8-24-13)12-20-18(22)17(21-6-9-23-10-7-21)14-3-2-4-16(19)11-14/h2-5,8,11,17H,6-7,9-10,12H2,1H3,(H,20,22). The number of amides is 1. The molecular formula is C18H21FN2O3. The lowest BCUT2D eigenvalue weighted by molar-refractivity contribution is -0.128. The number of rotatable bonds is 5. The molecule has 0 spiro atoms. The molecule has 6 heteroatoms. The predicted molar refractivity (Wildman–Crippen MR) is 86.8 cm³/mol. The number of nitrogens with one attached hydrogen (secondary N) is 1. The van der Waals surface area contributed by atoms with Crippen LogP contribution in [0.3, 0.4) is 0 Å². The highest BCUT2D eigenvalue weighted by molar-refractivity contribution is 5.83. The third-order valence-corrected chi connectivity index (χ3v) is 4.24. The summed E-state index contributed by atoms with van der Waals surface area (Å²) in [7, 11) is 0. The van der Waals surface area contributed by atoms with E-state index in [0.717, 1.165) is 11.3 Å². The molecule has 1 unspecified atom stereocenters. The zero-order valence-electron chi connectivity index (χ0n) is 13.6. The number of nitrogens with zero attached hydrogens (tertiary/aromatic N) is 1. The van der Waals surface area contributed by atoms with Crippen LogP contribution < -0.4 is 5.32 Å². The Balaban J connectivity index is 1.78. The van der Waals surface area contributed by atoms with Crippen LogP contribution in [-0.2, 0) is 16.1 Å². The normalized spacial score (nSPS) is 16.8. The molecular weight excluding hydrogens is 311 g/mol. The fourth-order valence-corrected chi connectivity index (χ4v) is 2.91. The van der Waals surface area contributed by atoms with Crippen molar-refractivity contribution in [3.63, 3.8) is 0 Å². The van der Waals surface area contributed by atoms with Gasteiger partial charge in [-0.1, -0.05) is 12.1 Å². The molecule has 1 fully saturated rings. The maximum Gasteiger partial charge on any atom is 0.242 e. The number of hydrogen-bond donors (Lipinski definition) is 1. The van der Waals surface area contributed by atoms with Crippen LogP contribution in [-0.4, -0.2) is 37.1 Å². The second-order valence-corrected chi connectivity index (χ2v) is 5.83. The predicted octanol–water partition coefficient (Wildman–Crippen LogP) is 2.42. The van der Waals surface area contributed by atoms with Crippen molar-refractivity contribution in [3.8, 4) is 0 Å². The summed E-state index contributed by atoms with van der Waals surface area (Å²) < 4.78 is 24.2. The Morgan fingerprint density at radius 1 is 1.33 bits per heavy atom. The topological polar surface area (TPSA) is 54.7 Å². The molecule has 0 aliphatic carbocycles. The molecule has 2 aromatic rings. The van der Waals surface area contributed by atoms with Gasteiger partial charge in [-0.3, -0.25) is 9.69 Å². The molecule has 1 saturated heterocycles. The van der Waals surface area contributed by atoms with Gasteiger partial charge in [-0.15, -0.1) is 0 Å². The number of aryl methyl sites for hydroxylation is 1. The number of ether oxygens (including phenoxy) is 1. The maximum absolute atomic E-state index is 13.6. The number of halogens is 1. The summed E-state index contributed by atoms with van der Waals surface area (Å²) in [6.45, 7) is 4.66. The van der Waals surface area contributed by atoms with E-state index in [1.54, 1.807) is 18.4 Å². The van der Waals surface area contributed by atoms with Gasteiger partial charge in [0.25, 0.3) is 0 Å². The molecule has 1 aliphatic rings. The number of morpholine rings is 1. The quantitative estimate of drug-likeness (QED) is 0.914. The van der Waals surface area contributed by atoms with Crippen molar-refractivity contribution >= 4 is 5.91 Å². The second-order valence-electron chi connectivity index (χ2n) is 5.83. The second kappa shape index (κ2) is 7.59. The Hall–Kier alpha value is -2.18. The molecule has 1 aliphatic heterocycles. The van der Waals surface area contributed by atoms with Crippen molar-refractivity contribution in [1.82, 2.24) is 10.2 Å². The van der Waals surface area contributed by atoms with Crippen LogP contribution in [0.2, 0.25) is 0 Å². The number of hydrogen-bond acceptors (Lipinski definition) is 4. The molecule has 0 bridgehead atoms. The van der Waals surface area contributed by atoms with Gasteiger partial charge in [0.15, 0.2) is 0 Å². The van der Waals surface area contributed by atoms with E-state index >= 15 is 0 Å². The van der Waals surface area contributed by atoms with E-state index in [0.29, 0.717) is 38.4 Å². The lowest BCUT2D eigenvalue weighted by atomic mass is 10.0. The van der Waals surface area contributed by atoms with E-state index in [-0.39, 0.29) is 11.7 Å². The minimum absolute atomic E-state index is 0.150. The van der Waals surface area contributed by atoms with Crippen LogP contribution in [0.5, 0.6) is 0 Å². The van der Waals surface area contributed by atoms with E-state index in [1.165, 1.54) is 12.1 Å². The van der Waals surface area contributed by atoms with E-state index in [4.69, 9.17) is 9.15 Å². The van der Waals surface area contributed by atoms with Crippen LogP contribution >= 0.6 is 0 Å². The van der Waals surface area contributed by atoms with Gasteiger partial charge in [0.1, 0.15) is 17.6 Å². The monoisotopic (exact) mass is 332 g/mol. The average Bonchev–Trinajstić information content (AvgIpc) is 2.99. The Labute approximate surface area is 140 Å². The summed E-state index contributed by atoms with van der Waals surface area (Å²) in [4.78, 5) is 14.8. The molecule has 0 radical (unpaired) electrons. The minimum atomic E-state index is -0.531. The van der Waals surface area contributed by atoms with Gasteiger partial charge in [-0.25, -0.2) is 4.39 Å². The largest absolute Gasteiger partial charge is 0.469 e. The molecule has 2 heterocycles. The smallest absolute Gasteiger partial charge is 0.242 e. The molecule has 3 rings (SSSR count). The Bertz CT molecular complexity index is 695. The highest BCUT2D eigenvalue weighted by atomic mass is 19.1. The van der Waals surface area contributed by atoms with Crippen LogP contribution in [0, 0.1) is 12.7 Å². The van der Waals surface area contributed by atoms with E-state index in [2.05, 4.69) is 5.32 Å². The lowest BCUT2D eigenvalue weighted by Gasteiger charge is -2.33. The van der Waals surface area contributed by atoms with Gasteiger partial charge in [0.2, 0.25) is 5.91 Å². The van der Waals surface area contributed by atoms with E-state index in [1.807, 2.05) is 17.9 Å². The number of furan rings is 1. The molecule has 1 atom stereocenters. The Kier molecular flexibility index (Phi) is 5.27. The number of carbonyl (C=O) groups is 1. The zero-order valence-corrected chi connectivity index (χ0v) is 13.6. The zero-order chi connectivity index (χ0) is 16.9. The van der Waals surface area contributed by atoms with Gasteiger partial charge in [-0.2, -0.15) is 0 Å². The van der Waals surface area contributed by atoms with Gasteiger partial charge in [0.05, 0.1) is 19.5 Å². The minimum Gasteiger partial charge on any atom is -0.469 e.